The average molecular weight is 233 g/mol. The van der Waals surface area contributed by atoms with Gasteiger partial charge in [-0.15, -0.1) is 0 Å². The molecule has 0 aromatic carbocycles. The van der Waals surface area contributed by atoms with Gasteiger partial charge < -0.3 is 14.2 Å². The first kappa shape index (κ1) is 11.8. The first-order valence-electron chi connectivity index (χ1n) is 5.60. The summed E-state index contributed by atoms with van der Waals surface area (Å²) in [5.74, 6) is 0. The van der Waals surface area contributed by atoms with Crippen molar-refractivity contribution >= 4 is 0 Å². The molecular weight excluding hydrogens is 218 g/mol. The summed E-state index contributed by atoms with van der Waals surface area (Å²) in [6.45, 7) is 2.92. The number of rotatable bonds is 2. The molecule has 90 valence electrons. The summed E-state index contributed by atoms with van der Waals surface area (Å²) in [6.07, 6.45) is 1.71. The molecule has 1 saturated heterocycles. The maximum absolute atomic E-state index is 11.8. The quantitative estimate of drug-likeness (QED) is 0.724. The summed E-state index contributed by atoms with van der Waals surface area (Å²) in [7, 11) is 2.03. The summed E-state index contributed by atoms with van der Waals surface area (Å²) in [4.78, 5) is 14.0. The van der Waals surface area contributed by atoms with Gasteiger partial charge in [0.05, 0.1) is 19.3 Å². The molecule has 0 spiro atoms. The molecule has 0 bridgehead atoms. The van der Waals surface area contributed by atoms with Gasteiger partial charge in [0, 0.05) is 19.3 Å². The molecule has 1 atom stereocenters. The molecule has 1 unspecified atom stereocenters. The Morgan fingerprint density at radius 1 is 1.65 bits per heavy atom. The van der Waals surface area contributed by atoms with Crippen molar-refractivity contribution in [1.29, 1.82) is 5.26 Å². The van der Waals surface area contributed by atoms with Crippen molar-refractivity contribution in [2.75, 3.05) is 26.7 Å². The topological polar surface area (TPSA) is 58.3 Å². The van der Waals surface area contributed by atoms with E-state index in [1.54, 1.807) is 16.8 Å². The zero-order valence-corrected chi connectivity index (χ0v) is 9.80. The number of morpholine rings is 1. The van der Waals surface area contributed by atoms with Crippen molar-refractivity contribution in [3.63, 3.8) is 0 Å². The van der Waals surface area contributed by atoms with E-state index in [2.05, 4.69) is 4.90 Å². The highest BCUT2D eigenvalue weighted by Gasteiger charge is 2.18. The Morgan fingerprint density at radius 3 is 3.18 bits per heavy atom. The van der Waals surface area contributed by atoms with Crippen molar-refractivity contribution in [2.24, 2.45) is 0 Å². The number of nitriles is 1. The summed E-state index contributed by atoms with van der Waals surface area (Å²) in [6, 6.07) is 5.15. The highest BCUT2D eigenvalue weighted by Crippen LogP contribution is 2.05. The second kappa shape index (κ2) is 5.13. The predicted molar refractivity (Wildman–Crippen MR) is 62.7 cm³/mol. The Balaban J connectivity index is 2.14. The number of ether oxygens (including phenoxy) is 1. The minimum Gasteiger partial charge on any atom is -0.374 e. The molecule has 0 radical (unpaired) electrons. The van der Waals surface area contributed by atoms with Crippen LogP contribution in [0.15, 0.2) is 23.1 Å². The lowest BCUT2D eigenvalue weighted by Gasteiger charge is -2.30. The SMILES string of the molecule is CN1CCOC(Cn2cccc(C#N)c2=O)C1. The number of hydrogen-bond acceptors (Lipinski definition) is 4. The fourth-order valence-corrected chi connectivity index (χ4v) is 1.96. The molecule has 1 aromatic rings. The van der Waals surface area contributed by atoms with Crippen LogP contribution in [-0.2, 0) is 11.3 Å². The number of pyridine rings is 1. The standard InChI is InChI=1S/C12H15N3O2/c1-14-5-6-17-11(8-14)9-15-4-2-3-10(7-13)12(15)16/h2-4,11H,5-6,8-9H2,1H3. The third kappa shape index (κ3) is 2.73. The maximum Gasteiger partial charge on any atom is 0.268 e. The Labute approximate surface area is 99.8 Å². The van der Waals surface area contributed by atoms with E-state index in [9.17, 15) is 4.79 Å². The summed E-state index contributed by atoms with van der Waals surface area (Å²) >= 11 is 0. The van der Waals surface area contributed by atoms with Crippen LogP contribution in [0.2, 0.25) is 0 Å². The zero-order valence-electron chi connectivity index (χ0n) is 9.80. The van der Waals surface area contributed by atoms with Gasteiger partial charge in [-0.3, -0.25) is 4.79 Å². The molecule has 0 saturated carbocycles. The number of nitrogens with zero attached hydrogens (tertiary/aromatic N) is 3. The summed E-state index contributed by atoms with van der Waals surface area (Å²) in [5, 5.41) is 8.79. The van der Waals surface area contributed by atoms with Crippen LogP contribution >= 0.6 is 0 Å². The molecule has 2 heterocycles. The van der Waals surface area contributed by atoms with Crippen molar-refractivity contribution in [2.45, 2.75) is 12.6 Å². The molecule has 0 N–H and O–H groups in total. The van der Waals surface area contributed by atoms with Gasteiger partial charge in [-0.2, -0.15) is 5.26 Å². The third-order valence-corrected chi connectivity index (χ3v) is 2.88. The lowest BCUT2D eigenvalue weighted by atomic mass is 10.2. The lowest BCUT2D eigenvalue weighted by Crippen LogP contribution is -2.43. The van der Waals surface area contributed by atoms with Crippen molar-refractivity contribution in [3.8, 4) is 6.07 Å². The van der Waals surface area contributed by atoms with Gasteiger partial charge in [-0.25, -0.2) is 0 Å². The van der Waals surface area contributed by atoms with E-state index in [4.69, 9.17) is 10.00 Å². The van der Waals surface area contributed by atoms with Crippen LogP contribution in [0, 0.1) is 11.3 Å². The second-order valence-electron chi connectivity index (χ2n) is 4.25. The van der Waals surface area contributed by atoms with E-state index in [0.29, 0.717) is 13.2 Å². The Hall–Kier alpha value is -1.64. The van der Waals surface area contributed by atoms with Crippen molar-refractivity contribution < 1.29 is 4.74 Å². The molecule has 1 aliphatic heterocycles. The van der Waals surface area contributed by atoms with E-state index >= 15 is 0 Å². The Bertz CT molecular complexity index is 489. The predicted octanol–water partition coefficient (Wildman–Crippen LogP) is 0.0506. The molecular formula is C12H15N3O2. The second-order valence-corrected chi connectivity index (χ2v) is 4.25. The van der Waals surface area contributed by atoms with Crippen LogP contribution in [0.4, 0.5) is 0 Å². The highest BCUT2D eigenvalue weighted by molar-refractivity contribution is 5.24. The first-order chi connectivity index (χ1) is 8.20. The minimum absolute atomic E-state index is 0.0143. The molecule has 5 nitrogen and oxygen atoms in total. The molecule has 1 aromatic heterocycles. The normalized spacial score (nSPS) is 21.1. The number of likely N-dealkylation sites (N-methyl/N-ethyl adjacent to an activating group) is 1. The molecule has 0 amide bonds. The number of aromatic nitrogens is 1. The monoisotopic (exact) mass is 233 g/mol. The van der Waals surface area contributed by atoms with Gasteiger partial charge in [0.15, 0.2) is 0 Å². The van der Waals surface area contributed by atoms with Crippen LogP contribution in [0.1, 0.15) is 5.56 Å². The zero-order chi connectivity index (χ0) is 12.3. The van der Waals surface area contributed by atoms with E-state index in [0.717, 1.165) is 13.1 Å². The van der Waals surface area contributed by atoms with E-state index in [1.807, 2.05) is 13.1 Å². The Morgan fingerprint density at radius 2 is 2.47 bits per heavy atom. The third-order valence-electron chi connectivity index (χ3n) is 2.88. The molecule has 17 heavy (non-hydrogen) atoms. The summed E-state index contributed by atoms with van der Waals surface area (Å²) in [5.41, 5.74) is -0.0662. The van der Waals surface area contributed by atoms with Gasteiger partial charge in [-0.05, 0) is 19.2 Å². The van der Waals surface area contributed by atoms with Gasteiger partial charge >= 0.3 is 0 Å². The largest absolute Gasteiger partial charge is 0.374 e. The molecule has 1 fully saturated rings. The molecule has 0 aliphatic carbocycles. The molecule has 5 heteroatoms. The van der Waals surface area contributed by atoms with Gasteiger partial charge in [-0.1, -0.05) is 0 Å². The summed E-state index contributed by atoms with van der Waals surface area (Å²) < 4.78 is 7.14. The first-order valence-corrected chi connectivity index (χ1v) is 5.60. The minimum atomic E-state index is -0.244. The highest BCUT2D eigenvalue weighted by atomic mass is 16.5. The lowest BCUT2D eigenvalue weighted by molar-refractivity contribution is -0.0279. The van der Waals surface area contributed by atoms with Gasteiger partial charge in [0.1, 0.15) is 11.6 Å². The van der Waals surface area contributed by atoms with Crippen LogP contribution < -0.4 is 5.56 Å². The van der Waals surface area contributed by atoms with E-state index in [-0.39, 0.29) is 17.2 Å². The van der Waals surface area contributed by atoms with Crippen molar-refractivity contribution in [3.05, 3.63) is 34.2 Å². The van der Waals surface area contributed by atoms with Gasteiger partial charge in [0.25, 0.3) is 5.56 Å². The fraction of sp³-hybridized carbons (Fsp3) is 0.500. The van der Waals surface area contributed by atoms with E-state index in [1.165, 1.54) is 6.07 Å². The fourth-order valence-electron chi connectivity index (χ4n) is 1.96. The molecule has 2 rings (SSSR count). The Kier molecular flexibility index (Phi) is 3.57. The van der Waals surface area contributed by atoms with Crippen LogP contribution in [0.3, 0.4) is 0 Å². The smallest absolute Gasteiger partial charge is 0.268 e. The maximum atomic E-state index is 11.8. The van der Waals surface area contributed by atoms with Crippen LogP contribution in [0.5, 0.6) is 0 Å². The van der Waals surface area contributed by atoms with Crippen molar-refractivity contribution in [1.82, 2.24) is 9.47 Å². The average Bonchev–Trinajstić information content (AvgIpc) is 2.32. The van der Waals surface area contributed by atoms with E-state index < -0.39 is 0 Å². The van der Waals surface area contributed by atoms with Crippen LogP contribution in [0.25, 0.3) is 0 Å². The van der Waals surface area contributed by atoms with Crippen LogP contribution in [-0.4, -0.2) is 42.3 Å². The van der Waals surface area contributed by atoms with Gasteiger partial charge in [0.2, 0.25) is 0 Å². The number of hydrogen-bond donors (Lipinski definition) is 0. The molecule has 1 aliphatic rings.